The smallest absolute Gasteiger partial charge is 0.188 e. The SMILES string of the molecule is COc1cccc(CN2CCN(C3(c4cccc(OC)c4)Cc4ccccc4C3=O)CC2)c1. The minimum absolute atomic E-state index is 0.201. The topological polar surface area (TPSA) is 42.0 Å². The third kappa shape index (κ3) is 3.92. The van der Waals surface area contributed by atoms with E-state index in [1.54, 1.807) is 14.2 Å². The zero-order chi connectivity index (χ0) is 22.8. The summed E-state index contributed by atoms with van der Waals surface area (Å²) in [5, 5.41) is 0. The molecule has 33 heavy (non-hydrogen) atoms. The van der Waals surface area contributed by atoms with Crippen molar-refractivity contribution in [2.45, 2.75) is 18.5 Å². The van der Waals surface area contributed by atoms with Crippen molar-refractivity contribution in [3.05, 3.63) is 95.1 Å². The van der Waals surface area contributed by atoms with Gasteiger partial charge in [-0.05, 0) is 41.0 Å². The van der Waals surface area contributed by atoms with Crippen LogP contribution < -0.4 is 9.47 Å². The lowest BCUT2D eigenvalue weighted by atomic mass is 9.83. The number of nitrogens with zero attached hydrogens (tertiary/aromatic N) is 2. The Morgan fingerprint density at radius 2 is 1.52 bits per heavy atom. The molecule has 0 saturated carbocycles. The maximum absolute atomic E-state index is 14.0. The highest BCUT2D eigenvalue weighted by Crippen LogP contribution is 2.43. The van der Waals surface area contributed by atoms with Crippen LogP contribution in [0.4, 0.5) is 0 Å². The molecule has 0 N–H and O–H groups in total. The Morgan fingerprint density at radius 3 is 2.24 bits per heavy atom. The Kier molecular flexibility index (Phi) is 5.92. The van der Waals surface area contributed by atoms with E-state index >= 15 is 0 Å². The average molecular weight is 443 g/mol. The summed E-state index contributed by atoms with van der Waals surface area (Å²) in [4.78, 5) is 18.8. The molecule has 1 saturated heterocycles. The minimum Gasteiger partial charge on any atom is -0.497 e. The number of ketones is 1. The van der Waals surface area contributed by atoms with Crippen LogP contribution in [0.5, 0.6) is 11.5 Å². The first kappa shape index (κ1) is 21.7. The van der Waals surface area contributed by atoms with Gasteiger partial charge in [0.05, 0.1) is 14.2 Å². The predicted octanol–water partition coefficient (Wildman–Crippen LogP) is 4.16. The second-order valence-electron chi connectivity index (χ2n) is 8.87. The van der Waals surface area contributed by atoms with Crippen LogP contribution in [-0.4, -0.2) is 56.0 Å². The first-order valence-corrected chi connectivity index (χ1v) is 11.5. The van der Waals surface area contributed by atoms with Crippen LogP contribution in [0.15, 0.2) is 72.8 Å². The highest BCUT2D eigenvalue weighted by molar-refractivity contribution is 6.08. The van der Waals surface area contributed by atoms with Crippen molar-refractivity contribution >= 4 is 5.78 Å². The number of Topliss-reactive ketones (excluding diaryl/α,β-unsaturated/α-hetero) is 1. The van der Waals surface area contributed by atoms with Gasteiger partial charge in [0.25, 0.3) is 0 Å². The standard InChI is InChI=1S/C28H30N2O3/c1-32-24-10-5-7-21(17-24)20-29-13-15-30(16-14-29)28(23-9-6-11-25(18-23)33-2)19-22-8-3-4-12-26(22)27(28)31/h3-12,17-18H,13-16,19-20H2,1-2H3. The van der Waals surface area contributed by atoms with Gasteiger partial charge in [0, 0.05) is 44.7 Å². The van der Waals surface area contributed by atoms with E-state index in [4.69, 9.17) is 9.47 Å². The molecule has 1 fully saturated rings. The number of carbonyl (C=O) groups excluding carboxylic acids is 1. The molecule has 2 aliphatic rings. The number of benzene rings is 3. The lowest BCUT2D eigenvalue weighted by molar-refractivity contribution is 0.0287. The number of carbonyl (C=O) groups is 1. The summed E-state index contributed by atoms with van der Waals surface area (Å²) >= 11 is 0. The van der Waals surface area contributed by atoms with E-state index in [1.807, 2.05) is 48.5 Å². The molecule has 0 bridgehead atoms. The van der Waals surface area contributed by atoms with E-state index in [0.29, 0.717) is 6.42 Å². The van der Waals surface area contributed by atoms with Crippen molar-refractivity contribution in [3.8, 4) is 11.5 Å². The fraction of sp³-hybridized carbons (Fsp3) is 0.321. The van der Waals surface area contributed by atoms with E-state index in [0.717, 1.165) is 60.9 Å². The lowest BCUT2D eigenvalue weighted by Gasteiger charge is -2.45. The molecular formula is C28H30N2O3. The largest absolute Gasteiger partial charge is 0.497 e. The zero-order valence-electron chi connectivity index (χ0n) is 19.3. The van der Waals surface area contributed by atoms with E-state index in [9.17, 15) is 4.79 Å². The van der Waals surface area contributed by atoms with Gasteiger partial charge >= 0.3 is 0 Å². The maximum atomic E-state index is 14.0. The summed E-state index contributed by atoms with van der Waals surface area (Å²) in [6.45, 7) is 4.37. The normalized spacial score (nSPS) is 21.1. The first-order valence-electron chi connectivity index (χ1n) is 11.5. The van der Waals surface area contributed by atoms with Crippen LogP contribution in [0, 0.1) is 0 Å². The van der Waals surface area contributed by atoms with Crippen molar-refractivity contribution in [2.75, 3.05) is 40.4 Å². The summed E-state index contributed by atoms with van der Waals surface area (Å²) in [5.41, 5.74) is 3.56. The number of methoxy groups -OCH3 is 2. The number of fused-ring (bicyclic) bond motifs is 1. The number of ether oxygens (including phenoxy) is 2. The van der Waals surface area contributed by atoms with Gasteiger partial charge in [-0.15, -0.1) is 0 Å². The second kappa shape index (κ2) is 9.00. The Balaban J connectivity index is 1.41. The van der Waals surface area contributed by atoms with Crippen LogP contribution in [0.25, 0.3) is 0 Å². The molecule has 170 valence electrons. The number of rotatable bonds is 6. The molecule has 5 rings (SSSR count). The van der Waals surface area contributed by atoms with E-state index < -0.39 is 5.54 Å². The van der Waals surface area contributed by atoms with Crippen molar-refractivity contribution in [2.24, 2.45) is 0 Å². The molecule has 0 aromatic heterocycles. The molecule has 0 amide bonds. The van der Waals surface area contributed by atoms with Gasteiger partial charge in [-0.2, -0.15) is 0 Å². The van der Waals surface area contributed by atoms with E-state index in [2.05, 4.69) is 34.1 Å². The molecule has 1 aliphatic heterocycles. The molecule has 1 atom stereocenters. The number of piperazine rings is 1. The Hall–Kier alpha value is -3.15. The molecule has 0 spiro atoms. The molecule has 3 aromatic rings. The third-order valence-electron chi connectivity index (χ3n) is 7.08. The van der Waals surface area contributed by atoms with Crippen molar-refractivity contribution in [3.63, 3.8) is 0 Å². The third-order valence-corrected chi connectivity index (χ3v) is 7.08. The van der Waals surface area contributed by atoms with Crippen LogP contribution in [0.3, 0.4) is 0 Å². The monoisotopic (exact) mass is 442 g/mol. The Morgan fingerprint density at radius 1 is 0.818 bits per heavy atom. The fourth-order valence-corrected chi connectivity index (χ4v) is 5.34. The van der Waals surface area contributed by atoms with Gasteiger partial charge in [-0.3, -0.25) is 14.6 Å². The predicted molar refractivity (Wildman–Crippen MR) is 129 cm³/mol. The Labute approximate surface area is 195 Å². The first-order chi connectivity index (χ1) is 16.1. The van der Waals surface area contributed by atoms with Crippen LogP contribution in [0.2, 0.25) is 0 Å². The van der Waals surface area contributed by atoms with Crippen LogP contribution in [0.1, 0.15) is 27.0 Å². The molecule has 1 unspecified atom stereocenters. The van der Waals surface area contributed by atoms with Crippen molar-refractivity contribution in [1.82, 2.24) is 9.80 Å². The lowest BCUT2D eigenvalue weighted by Crippen LogP contribution is -2.58. The second-order valence-corrected chi connectivity index (χ2v) is 8.87. The Bertz CT molecular complexity index is 1150. The summed E-state index contributed by atoms with van der Waals surface area (Å²) < 4.78 is 10.9. The van der Waals surface area contributed by atoms with Crippen molar-refractivity contribution < 1.29 is 14.3 Å². The maximum Gasteiger partial charge on any atom is 0.188 e. The molecule has 1 heterocycles. The summed E-state index contributed by atoms with van der Waals surface area (Å²) in [7, 11) is 3.38. The molecule has 5 heteroatoms. The zero-order valence-corrected chi connectivity index (χ0v) is 19.3. The van der Waals surface area contributed by atoms with Crippen molar-refractivity contribution in [1.29, 1.82) is 0 Å². The van der Waals surface area contributed by atoms with Gasteiger partial charge < -0.3 is 9.47 Å². The quantitative estimate of drug-likeness (QED) is 0.574. The highest BCUT2D eigenvalue weighted by Gasteiger charge is 2.51. The average Bonchev–Trinajstić information content (AvgIpc) is 3.18. The summed E-state index contributed by atoms with van der Waals surface area (Å²) in [6, 6.07) is 24.4. The summed E-state index contributed by atoms with van der Waals surface area (Å²) in [6.07, 6.45) is 0.699. The number of hydrogen-bond acceptors (Lipinski definition) is 5. The van der Waals surface area contributed by atoms with Gasteiger partial charge in [0.15, 0.2) is 5.78 Å². The van der Waals surface area contributed by atoms with Gasteiger partial charge in [-0.1, -0.05) is 48.5 Å². The van der Waals surface area contributed by atoms with E-state index in [-0.39, 0.29) is 5.78 Å². The van der Waals surface area contributed by atoms with Crippen LogP contribution in [-0.2, 0) is 18.5 Å². The minimum atomic E-state index is -0.680. The molecule has 1 aliphatic carbocycles. The van der Waals surface area contributed by atoms with Gasteiger partial charge in [-0.25, -0.2) is 0 Å². The fourth-order valence-electron chi connectivity index (χ4n) is 5.34. The highest BCUT2D eigenvalue weighted by atomic mass is 16.5. The van der Waals surface area contributed by atoms with Gasteiger partial charge in [0.2, 0.25) is 0 Å². The van der Waals surface area contributed by atoms with E-state index in [1.165, 1.54) is 5.56 Å². The molecule has 3 aromatic carbocycles. The summed E-state index contributed by atoms with van der Waals surface area (Å²) in [5.74, 6) is 1.87. The van der Waals surface area contributed by atoms with Crippen LogP contribution >= 0.6 is 0 Å². The molecule has 5 nitrogen and oxygen atoms in total. The molecule has 0 radical (unpaired) electrons. The number of hydrogen-bond donors (Lipinski definition) is 0. The molecular weight excluding hydrogens is 412 g/mol. The van der Waals surface area contributed by atoms with Gasteiger partial charge in [0.1, 0.15) is 17.0 Å².